The highest BCUT2D eigenvalue weighted by Gasteiger charge is 2.07. The molecule has 2 aromatic rings. The van der Waals surface area contributed by atoms with E-state index in [-0.39, 0.29) is 0 Å². The minimum absolute atomic E-state index is 0.373. The van der Waals surface area contributed by atoms with Crippen molar-refractivity contribution in [2.45, 2.75) is 26.8 Å². The highest BCUT2D eigenvalue weighted by Crippen LogP contribution is 2.27. The highest BCUT2D eigenvalue weighted by atomic mass is 35.5. The van der Waals surface area contributed by atoms with Crippen LogP contribution in [0.2, 0.25) is 5.02 Å². The van der Waals surface area contributed by atoms with Crippen LogP contribution in [0.4, 0.5) is 0 Å². The normalized spacial score (nSPS) is 11.1. The quantitative estimate of drug-likeness (QED) is 0.765. The van der Waals surface area contributed by atoms with Gasteiger partial charge in [0.05, 0.1) is 10.7 Å². The highest BCUT2D eigenvalue weighted by molar-refractivity contribution is 6.33. The Morgan fingerprint density at radius 1 is 1.25 bits per heavy atom. The van der Waals surface area contributed by atoms with Crippen molar-refractivity contribution in [3.63, 3.8) is 0 Å². The molecule has 0 aliphatic rings. The molecule has 0 radical (unpaired) electrons. The second kappa shape index (κ2) is 4.30. The number of hydrogen-bond donors (Lipinski definition) is 0. The van der Waals surface area contributed by atoms with E-state index in [9.17, 15) is 0 Å². The molecule has 0 aliphatic carbocycles. The van der Waals surface area contributed by atoms with Crippen molar-refractivity contribution in [2.24, 2.45) is 0 Å². The Balaban J connectivity index is 2.42. The molecule has 0 bridgehead atoms. The molecule has 1 heterocycles. The van der Waals surface area contributed by atoms with Crippen LogP contribution in [0, 0.1) is 6.92 Å². The standard InChI is InChI=1S/C13H15ClN2/c1-9(2)16-7-6-13(15-16)11-5-4-10(3)8-12(11)14/h4-9H,1-3H3. The minimum atomic E-state index is 0.373. The molecule has 1 aromatic carbocycles. The van der Waals surface area contributed by atoms with E-state index in [2.05, 4.69) is 25.0 Å². The summed E-state index contributed by atoms with van der Waals surface area (Å²) in [6.45, 7) is 6.24. The predicted octanol–water partition coefficient (Wildman–Crippen LogP) is 4.09. The fourth-order valence-corrected chi connectivity index (χ4v) is 1.93. The first-order valence-corrected chi connectivity index (χ1v) is 5.77. The van der Waals surface area contributed by atoms with Gasteiger partial charge in [0.15, 0.2) is 0 Å². The summed E-state index contributed by atoms with van der Waals surface area (Å²) in [4.78, 5) is 0. The summed E-state index contributed by atoms with van der Waals surface area (Å²) in [5, 5.41) is 5.26. The van der Waals surface area contributed by atoms with Crippen molar-refractivity contribution < 1.29 is 0 Å². The number of nitrogens with zero attached hydrogens (tertiary/aromatic N) is 2. The number of aromatic nitrogens is 2. The van der Waals surface area contributed by atoms with E-state index in [1.807, 2.05) is 36.0 Å². The summed E-state index contributed by atoms with van der Waals surface area (Å²) in [6, 6.07) is 8.40. The van der Waals surface area contributed by atoms with Crippen molar-refractivity contribution in [1.82, 2.24) is 9.78 Å². The molecule has 0 N–H and O–H groups in total. The van der Waals surface area contributed by atoms with E-state index in [1.165, 1.54) is 0 Å². The number of rotatable bonds is 2. The van der Waals surface area contributed by atoms with Gasteiger partial charge in [-0.05, 0) is 38.5 Å². The van der Waals surface area contributed by atoms with Crippen molar-refractivity contribution in [2.75, 3.05) is 0 Å². The van der Waals surface area contributed by atoms with Gasteiger partial charge in [-0.1, -0.05) is 23.7 Å². The van der Waals surface area contributed by atoms with Gasteiger partial charge in [0.25, 0.3) is 0 Å². The van der Waals surface area contributed by atoms with Gasteiger partial charge in [-0.15, -0.1) is 0 Å². The van der Waals surface area contributed by atoms with Crippen LogP contribution in [0.15, 0.2) is 30.5 Å². The lowest BCUT2D eigenvalue weighted by Crippen LogP contribution is -2.00. The predicted molar refractivity (Wildman–Crippen MR) is 67.8 cm³/mol. The van der Waals surface area contributed by atoms with Gasteiger partial charge >= 0.3 is 0 Å². The molecule has 0 aliphatic heterocycles. The van der Waals surface area contributed by atoms with Crippen LogP contribution in [0.25, 0.3) is 11.3 Å². The smallest absolute Gasteiger partial charge is 0.0938 e. The van der Waals surface area contributed by atoms with Gasteiger partial charge in [-0.25, -0.2) is 0 Å². The summed E-state index contributed by atoms with van der Waals surface area (Å²) in [7, 11) is 0. The van der Waals surface area contributed by atoms with Crippen LogP contribution < -0.4 is 0 Å². The first kappa shape index (κ1) is 11.2. The first-order valence-electron chi connectivity index (χ1n) is 5.39. The Kier molecular flexibility index (Phi) is 3.01. The average molecular weight is 235 g/mol. The third-order valence-corrected chi connectivity index (χ3v) is 2.85. The second-order valence-electron chi connectivity index (χ2n) is 4.26. The summed E-state index contributed by atoms with van der Waals surface area (Å²) in [5.74, 6) is 0. The van der Waals surface area contributed by atoms with E-state index in [0.29, 0.717) is 6.04 Å². The molecule has 84 valence electrons. The van der Waals surface area contributed by atoms with Gasteiger partial charge in [0.1, 0.15) is 0 Å². The fourth-order valence-electron chi connectivity index (χ4n) is 1.60. The molecule has 16 heavy (non-hydrogen) atoms. The molecule has 0 saturated heterocycles. The van der Waals surface area contributed by atoms with Gasteiger partial charge in [0.2, 0.25) is 0 Å². The Hall–Kier alpha value is -1.28. The van der Waals surface area contributed by atoms with E-state index >= 15 is 0 Å². The van der Waals surface area contributed by atoms with E-state index in [0.717, 1.165) is 21.8 Å². The molecule has 0 unspecified atom stereocenters. The van der Waals surface area contributed by atoms with Crippen molar-refractivity contribution in [3.05, 3.63) is 41.0 Å². The lowest BCUT2D eigenvalue weighted by Gasteiger charge is -2.05. The topological polar surface area (TPSA) is 17.8 Å². The average Bonchev–Trinajstić information content (AvgIpc) is 2.66. The van der Waals surface area contributed by atoms with E-state index in [4.69, 9.17) is 11.6 Å². The molecular formula is C13H15ClN2. The molecule has 0 saturated carbocycles. The second-order valence-corrected chi connectivity index (χ2v) is 4.67. The number of halogens is 1. The minimum Gasteiger partial charge on any atom is -0.270 e. The number of benzene rings is 1. The van der Waals surface area contributed by atoms with Crippen LogP contribution in [0.1, 0.15) is 25.5 Å². The monoisotopic (exact) mass is 234 g/mol. The van der Waals surface area contributed by atoms with Crippen LogP contribution in [0.3, 0.4) is 0 Å². The first-order chi connectivity index (χ1) is 7.58. The third kappa shape index (κ3) is 2.12. The summed E-state index contributed by atoms with van der Waals surface area (Å²) in [5.41, 5.74) is 3.09. The summed E-state index contributed by atoms with van der Waals surface area (Å²) in [6.07, 6.45) is 1.98. The lowest BCUT2D eigenvalue weighted by molar-refractivity contribution is 0.534. The lowest BCUT2D eigenvalue weighted by atomic mass is 10.1. The maximum Gasteiger partial charge on any atom is 0.0938 e. The van der Waals surface area contributed by atoms with Gasteiger partial charge in [-0.3, -0.25) is 4.68 Å². The Morgan fingerprint density at radius 3 is 2.56 bits per heavy atom. The van der Waals surface area contributed by atoms with Crippen molar-refractivity contribution >= 4 is 11.6 Å². The number of aryl methyl sites for hydroxylation is 1. The SMILES string of the molecule is Cc1ccc(-c2ccn(C(C)C)n2)c(Cl)c1. The Morgan fingerprint density at radius 2 is 2.00 bits per heavy atom. The molecule has 0 amide bonds. The largest absolute Gasteiger partial charge is 0.270 e. The Labute approximate surface area is 101 Å². The van der Waals surface area contributed by atoms with Gasteiger partial charge < -0.3 is 0 Å². The van der Waals surface area contributed by atoms with Gasteiger partial charge in [0, 0.05) is 17.8 Å². The Bertz CT molecular complexity index is 500. The molecule has 3 heteroatoms. The zero-order valence-electron chi connectivity index (χ0n) is 9.74. The van der Waals surface area contributed by atoms with E-state index in [1.54, 1.807) is 0 Å². The molecule has 2 rings (SSSR count). The zero-order chi connectivity index (χ0) is 11.7. The van der Waals surface area contributed by atoms with Crippen LogP contribution >= 0.6 is 11.6 Å². The van der Waals surface area contributed by atoms with Gasteiger partial charge in [-0.2, -0.15) is 5.10 Å². The molecule has 2 nitrogen and oxygen atoms in total. The molecule has 0 spiro atoms. The maximum absolute atomic E-state index is 6.20. The zero-order valence-corrected chi connectivity index (χ0v) is 10.5. The molecular weight excluding hydrogens is 220 g/mol. The summed E-state index contributed by atoms with van der Waals surface area (Å²) < 4.78 is 1.94. The maximum atomic E-state index is 6.20. The fraction of sp³-hybridized carbons (Fsp3) is 0.308. The van der Waals surface area contributed by atoms with Crippen molar-refractivity contribution in [3.8, 4) is 11.3 Å². The van der Waals surface area contributed by atoms with Crippen LogP contribution in [0.5, 0.6) is 0 Å². The summed E-state index contributed by atoms with van der Waals surface area (Å²) >= 11 is 6.20. The molecule has 1 aromatic heterocycles. The molecule has 0 fully saturated rings. The number of hydrogen-bond acceptors (Lipinski definition) is 1. The van der Waals surface area contributed by atoms with Crippen molar-refractivity contribution in [1.29, 1.82) is 0 Å². The van der Waals surface area contributed by atoms with Crippen LogP contribution in [-0.2, 0) is 0 Å². The van der Waals surface area contributed by atoms with Crippen LogP contribution in [-0.4, -0.2) is 9.78 Å². The third-order valence-electron chi connectivity index (χ3n) is 2.54. The molecule has 0 atom stereocenters. The van der Waals surface area contributed by atoms with E-state index < -0.39 is 0 Å².